The normalized spacial score (nSPS) is 26.8. The van der Waals surface area contributed by atoms with Gasteiger partial charge in [-0.05, 0) is 54.5 Å². The molecular formula is C26H29ClN2O3. The molecule has 2 aromatic carbocycles. The van der Waals surface area contributed by atoms with Crippen molar-refractivity contribution in [3.8, 4) is 0 Å². The molecule has 5 nitrogen and oxygen atoms in total. The number of amides is 1. The van der Waals surface area contributed by atoms with E-state index in [0.717, 1.165) is 30.7 Å². The van der Waals surface area contributed by atoms with Crippen LogP contribution in [0.5, 0.6) is 0 Å². The summed E-state index contributed by atoms with van der Waals surface area (Å²) in [5.74, 6) is -0.597. The molecule has 0 aromatic heterocycles. The van der Waals surface area contributed by atoms with Crippen LogP contribution in [-0.2, 0) is 16.1 Å². The maximum absolute atomic E-state index is 13.6. The van der Waals surface area contributed by atoms with Gasteiger partial charge in [0.05, 0.1) is 21.7 Å². The number of halogens is 1. The number of hydrogen-bond donors (Lipinski definition) is 1. The van der Waals surface area contributed by atoms with Crippen LogP contribution in [-0.4, -0.2) is 17.6 Å². The zero-order valence-electron chi connectivity index (χ0n) is 19.0. The second-order valence-corrected chi connectivity index (χ2v) is 10.0. The van der Waals surface area contributed by atoms with E-state index < -0.39 is 11.4 Å². The van der Waals surface area contributed by atoms with Gasteiger partial charge in [-0.25, -0.2) is 4.79 Å². The Balaban J connectivity index is 1.58. The van der Waals surface area contributed by atoms with E-state index in [4.69, 9.17) is 16.4 Å². The van der Waals surface area contributed by atoms with Crippen LogP contribution in [0.15, 0.2) is 53.7 Å². The minimum Gasteiger partial charge on any atom is -0.326 e. The number of nitrogens with one attached hydrogen (secondary N) is 1. The van der Waals surface area contributed by atoms with E-state index >= 15 is 0 Å². The summed E-state index contributed by atoms with van der Waals surface area (Å²) in [5.41, 5.74) is 1.76. The van der Waals surface area contributed by atoms with E-state index in [0.29, 0.717) is 11.4 Å². The first kappa shape index (κ1) is 22.5. The van der Waals surface area contributed by atoms with E-state index in [-0.39, 0.29) is 22.3 Å². The lowest BCUT2D eigenvalue weighted by molar-refractivity contribution is -0.130. The zero-order chi connectivity index (χ0) is 23.1. The quantitative estimate of drug-likeness (QED) is 0.429. The van der Waals surface area contributed by atoms with E-state index in [1.807, 2.05) is 24.3 Å². The summed E-state index contributed by atoms with van der Waals surface area (Å²) in [5, 5.41) is 7.72. The third-order valence-corrected chi connectivity index (χ3v) is 8.45. The van der Waals surface area contributed by atoms with Crippen molar-refractivity contribution in [1.29, 1.82) is 0 Å². The van der Waals surface area contributed by atoms with Crippen LogP contribution in [0.4, 0.5) is 5.69 Å². The van der Waals surface area contributed by atoms with Crippen LogP contribution in [0.2, 0.25) is 5.02 Å². The Morgan fingerprint density at radius 2 is 1.75 bits per heavy atom. The minimum atomic E-state index is -0.610. The highest BCUT2D eigenvalue weighted by Gasteiger charge is 2.71. The Kier molecular flexibility index (Phi) is 5.66. The third-order valence-electron chi connectivity index (χ3n) is 8.12. The number of anilines is 1. The number of carbonyl (C=O) groups excluding carboxylic acids is 2. The standard InChI is InChI=1S/C26H29ClN2O3/c1-5-17-10-12-18(13-11-17)28-23(31)26-15-14-25(4,24(26,2)3)21(16-26)29-32-22(30)19-8-6-7-9-20(19)27/h6-13H,5,14-16H2,1-4H3,(H,28,31)/b29-21-. The molecule has 0 aliphatic heterocycles. The maximum Gasteiger partial charge on any atom is 0.367 e. The number of rotatable bonds is 5. The molecule has 2 atom stereocenters. The van der Waals surface area contributed by atoms with Gasteiger partial charge in [0, 0.05) is 17.5 Å². The van der Waals surface area contributed by atoms with Crippen LogP contribution < -0.4 is 5.32 Å². The van der Waals surface area contributed by atoms with Gasteiger partial charge in [0.25, 0.3) is 0 Å². The fraction of sp³-hybridized carbons (Fsp3) is 0.423. The Hall–Kier alpha value is -2.66. The zero-order valence-corrected chi connectivity index (χ0v) is 19.8. The van der Waals surface area contributed by atoms with Crippen molar-refractivity contribution in [3.05, 3.63) is 64.7 Å². The smallest absolute Gasteiger partial charge is 0.326 e. The number of hydrogen-bond acceptors (Lipinski definition) is 4. The second kappa shape index (κ2) is 8.04. The van der Waals surface area contributed by atoms with Crippen molar-refractivity contribution >= 4 is 34.9 Å². The monoisotopic (exact) mass is 452 g/mol. The van der Waals surface area contributed by atoms with Crippen molar-refractivity contribution in [2.75, 3.05) is 5.32 Å². The third kappa shape index (κ3) is 3.34. The lowest BCUT2D eigenvalue weighted by atomic mass is 9.64. The van der Waals surface area contributed by atoms with Crippen molar-refractivity contribution in [1.82, 2.24) is 0 Å². The average Bonchev–Trinajstić information content (AvgIpc) is 3.09. The van der Waals surface area contributed by atoms with Crippen LogP contribution in [0.3, 0.4) is 0 Å². The number of oxime groups is 1. The highest BCUT2D eigenvalue weighted by molar-refractivity contribution is 6.33. The van der Waals surface area contributed by atoms with Crippen LogP contribution in [0.25, 0.3) is 0 Å². The molecule has 1 amide bonds. The fourth-order valence-corrected chi connectivity index (χ4v) is 5.58. The summed E-state index contributed by atoms with van der Waals surface area (Å²) in [6.07, 6.45) is 3.00. The largest absolute Gasteiger partial charge is 0.367 e. The summed E-state index contributed by atoms with van der Waals surface area (Å²) in [6.45, 7) is 8.47. The number of benzene rings is 2. The Morgan fingerprint density at radius 3 is 2.41 bits per heavy atom. The van der Waals surface area contributed by atoms with Gasteiger partial charge in [0.15, 0.2) is 0 Å². The van der Waals surface area contributed by atoms with Crippen molar-refractivity contribution in [2.24, 2.45) is 21.4 Å². The van der Waals surface area contributed by atoms with Gasteiger partial charge in [0.2, 0.25) is 5.91 Å². The van der Waals surface area contributed by atoms with E-state index in [1.165, 1.54) is 5.56 Å². The molecule has 2 aromatic rings. The van der Waals surface area contributed by atoms with Crippen molar-refractivity contribution < 1.29 is 14.4 Å². The number of nitrogens with zero attached hydrogens (tertiary/aromatic N) is 1. The SMILES string of the molecule is CCc1ccc(NC(=O)C23CCC(C)(/C(=N\OC(=O)c4ccccc4Cl)C2)C3(C)C)cc1. The molecule has 1 N–H and O–H groups in total. The molecule has 2 aliphatic carbocycles. The molecule has 2 bridgehead atoms. The van der Waals surface area contributed by atoms with Crippen LogP contribution in [0, 0.1) is 16.2 Å². The topological polar surface area (TPSA) is 67.8 Å². The summed E-state index contributed by atoms with van der Waals surface area (Å²) in [7, 11) is 0. The lowest BCUT2D eigenvalue weighted by Crippen LogP contribution is -2.43. The van der Waals surface area contributed by atoms with Crippen LogP contribution >= 0.6 is 11.6 Å². The van der Waals surface area contributed by atoms with Gasteiger partial charge in [0.1, 0.15) is 0 Å². The van der Waals surface area contributed by atoms with Gasteiger partial charge >= 0.3 is 5.97 Å². The van der Waals surface area contributed by atoms with Gasteiger partial charge in [-0.3, -0.25) is 4.79 Å². The molecule has 0 saturated heterocycles. The van der Waals surface area contributed by atoms with Gasteiger partial charge in [-0.2, -0.15) is 0 Å². The van der Waals surface area contributed by atoms with E-state index in [1.54, 1.807) is 24.3 Å². The Labute approximate surface area is 194 Å². The lowest BCUT2D eigenvalue weighted by Gasteiger charge is -2.39. The molecule has 2 fully saturated rings. The first-order valence-corrected chi connectivity index (χ1v) is 11.5. The molecular weight excluding hydrogens is 424 g/mol. The maximum atomic E-state index is 13.6. The Bertz CT molecular complexity index is 1090. The molecule has 2 aliphatic rings. The molecule has 168 valence electrons. The van der Waals surface area contributed by atoms with Crippen molar-refractivity contribution in [2.45, 2.75) is 53.4 Å². The predicted octanol–water partition coefficient (Wildman–Crippen LogP) is 6.27. The number of carbonyl (C=O) groups is 2. The number of fused-ring (bicyclic) bond motifs is 2. The summed E-state index contributed by atoms with van der Waals surface area (Å²) >= 11 is 6.11. The molecule has 2 unspecified atom stereocenters. The molecule has 32 heavy (non-hydrogen) atoms. The predicted molar refractivity (Wildman–Crippen MR) is 127 cm³/mol. The number of aryl methyl sites for hydroxylation is 1. The molecule has 0 spiro atoms. The first-order chi connectivity index (χ1) is 15.1. The van der Waals surface area contributed by atoms with Gasteiger partial charge < -0.3 is 10.2 Å². The van der Waals surface area contributed by atoms with E-state index in [9.17, 15) is 9.59 Å². The second-order valence-electron chi connectivity index (χ2n) is 9.62. The molecule has 0 heterocycles. The fourth-order valence-electron chi connectivity index (χ4n) is 5.37. The highest BCUT2D eigenvalue weighted by Crippen LogP contribution is 2.71. The summed E-state index contributed by atoms with van der Waals surface area (Å²) in [4.78, 5) is 31.4. The average molecular weight is 453 g/mol. The van der Waals surface area contributed by atoms with Gasteiger partial charge in [-0.1, -0.05) is 68.7 Å². The van der Waals surface area contributed by atoms with E-state index in [2.05, 4.69) is 38.2 Å². The van der Waals surface area contributed by atoms with Crippen LogP contribution in [0.1, 0.15) is 62.9 Å². The minimum absolute atomic E-state index is 0.00176. The molecule has 2 saturated carbocycles. The molecule has 0 radical (unpaired) electrons. The summed E-state index contributed by atoms with van der Waals surface area (Å²) < 4.78 is 0. The Morgan fingerprint density at radius 1 is 1.06 bits per heavy atom. The van der Waals surface area contributed by atoms with Crippen molar-refractivity contribution in [3.63, 3.8) is 0 Å². The van der Waals surface area contributed by atoms with Gasteiger partial charge in [-0.15, -0.1) is 0 Å². The molecule has 6 heteroatoms. The summed E-state index contributed by atoms with van der Waals surface area (Å²) in [6, 6.07) is 14.7. The molecule has 4 rings (SSSR count). The first-order valence-electron chi connectivity index (χ1n) is 11.1. The highest BCUT2D eigenvalue weighted by atomic mass is 35.5.